The van der Waals surface area contributed by atoms with Gasteiger partial charge in [-0.3, -0.25) is 9.89 Å². The number of nitrogens with zero attached hydrogens (tertiary/aromatic N) is 2. The van der Waals surface area contributed by atoms with E-state index >= 15 is 0 Å². The Kier molecular flexibility index (Phi) is 1.89. The maximum atomic E-state index is 12.0. The van der Waals surface area contributed by atoms with E-state index in [0.29, 0.717) is 24.6 Å². The Bertz CT molecular complexity index is 430. The van der Waals surface area contributed by atoms with Crippen molar-refractivity contribution < 1.29 is 9.90 Å². The number of aryl methyl sites for hydroxylation is 1. The molecule has 2 aliphatic rings. The largest absolute Gasteiger partial charge is 0.386 e. The molecule has 1 aromatic rings. The summed E-state index contributed by atoms with van der Waals surface area (Å²) in [5, 5.41) is 16.7. The first-order valence-corrected chi connectivity index (χ1v) is 5.62. The van der Waals surface area contributed by atoms with Gasteiger partial charge in [-0.1, -0.05) is 0 Å². The lowest BCUT2D eigenvalue weighted by atomic mass is 9.88. The molecule has 2 heterocycles. The van der Waals surface area contributed by atoms with Crippen LogP contribution in [0.25, 0.3) is 0 Å². The first-order chi connectivity index (χ1) is 7.60. The molecule has 2 N–H and O–H groups in total. The topological polar surface area (TPSA) is 69.2 Å². The SMILES string of the molecule is Cc1[nH]ncc1C(=O)N1CC(O)(C2CC2)C1. The van der Waals surface area contributed by atoms with Gasteiger partial charge in [-0.2, -0.15) is 5.10 Å². The van der Waals surface area contributed by atoms with E-state index in [-0.39, 0.29) is 5.91 Å². The zero-order chi connectivity index (χ0) is 11.3. The zero-order valence-electron chi connectivity index (χ0n) is 9.23. The lowest BCUT2D eigenvalue weighted by molar-refractivity contribution is -0.0958. The van der Waals surface area contributed by atoms with Gasteiger partial charge in [-0.25, -0.2) is 0 Å². The molecule has 1 aromatic heterocycles. The van der Waals surface area contributed by atoms with Crippen LogP contribution in [0.3, 0.4) is 0 Å². The van der Waals surface area contributed by atoms with Gasteiger partial charge in [0, 0.05) is 5.69 Å². The molecule has 2 fully saturated rings. The number of aromatic nitrogens is 2. The van der Waals surface area contributed by atoms with Crippen molar-refractivity contribution in [3.05, 3.63) is 17.5 Å². The molecule has 3 rings (SSSR count). The van der Waals surface area contributed by atoms with E-state index < -0.39 is 5.60 Å². The van der Waals surface area contributed by atoms with Crippen molar-refractivity contribution in [3.8, 4) is 0 Å². The van der Waals surface area contributed by atoms with Gasteiger partial charge in [0.25, 0.3) is 5.91 Å². The fourth-order valence-electron chi connectivity index (χ4n) is 2.37. The van der Waals surface area contributed by atoms with Crippen molar-refractivity contribution in [2.24, 2.45) is 5.92 Å². The summed E-state index contributed by atoms with van der Waals surface area (Å²) in [5.41, 5.74) is 0.789. The Morgan fingerprint density at radius 2 is 2.31 bits per heavy atom. The van der Waals surface area contributed by atoms with Crippen molar-refractivity contribution in [2.45, 2.75) is 25.4 Å². The average Bonchev–Trinajstić information content (AvgIpc) is 2.97. The Hall–Kier alpha value is -1.36. The molecular formula is C11H15N3O2. The maximum absolute atomic E-state index is 12.0. The fraction of sp³-hybridized carbons (Fsp3) is 0.636. The van der Waals surface area contributed by atoms with Crippen LogP contribution in [0.2, 0.25) is 0 Å². The molecule has 0 atom stereocenters. The summed E-state index contributed by atoms with van der Waals surface area (Å²) in [6, 6.07) is 0. The van der Waals surface area contributed by atoms with Crippen LogP contribution in [0.4, 0.5) is 0 Å². The molecule has 5 nitrogen and oxygen atoms in total. The van der Waals surface area contributed by atoms with Crippen molar-refractivity contribution in [1.29, 1.82) is 0 Å². The molecular weight excluding hydrogens is 206 g/mol. The minimum Gasteiger partial charge on any atom is -0.386 e. The van der Waals surface area contributed by atoms with E-state index in [1.165, 1.54) is 0 Å². The lowest BCUT2D eigenvalue weighted by Crippen LogP contribution is -2.64. The normalized spacial score (nSPS) is 23.0. The monoisotopic (exact) mass is 221 g/mol. The minimum absolute atomic E-state index is 0.0309. The van der Waals surface area contributed by atoms with Gasteiger partial charge >= 0.3 is 0 Å². The average molecular weight is 221 g/mol. The molecule has 0 aromatic carbocycles. The van der Waals surface area contributed by atoms with Gasteiger partial charge in [-0.05, 0) is 25.7 Å². The van der Waals surface area contributed by atoms with Crippen LogP contribution in [-0.2, 0) is 0 Å². The Morgan fingerprint density at radius 3 is 2.81 bits per heavy atom. The Balaban J connectivity index is 1.68. The summed E-state index contributed by atoms with van der Waals surface area (Å²) in [6.45, 7) is 2.77. The molecule has 0 bridgehead atoms. The first-order valence-electron chi connectivity index (χ1n) is 5.62. The minimum atomic E-state index is -0.604. The highest BCUT2D eigenvalue weighted by Crippen LogP contribution is 2.44. The smallest absolute Gasteiger partial charge is 0.257 e. The summed E-state index contributed by atoms with van der Waals surface area (Å²) in [6.07, 6.45) is 3.75. The van der Waals surface area contributed by atoms with Crippen molar-refractivity contribution in [1.82, 2.24) is 15.1 Å². The Morgan fingerprint density at radius 1 is 1.62 bits per heavy atom. The zero-order valence-corrected chi connectivity index (χ0v) is 9.23. The summed E-state index contributed by atoms with van der Waals surface area (Å²) < 4.78 is 0. The molecule has 1 saturated heterocycles. The van der Waals surface area contributed by atoms with Gasteiger partial charge in [0.2, 0.25) is 0 Å². The second-order valence-electron chi connectivity index (χ2n) is 4.95. The molecule has 1 amide bonds. The molecule has 0 spiro atoms. The number of aliphatic hydroxyl groups is 1. The highest BCUT2D eigenvalue weighted by molar-refractivity contribution is 5.95. The summed E-state index contributed by atoms with van der Waals surface area (Å²) >= 11 is 0. The van der Waals surface area contributed by atoms with Crippen LogP contribution < -0.4 is 0 Å². The second-order valence-corrected chi connectivity index (χ2v) is 4.95. The summed E-state index contributed by atoms with van der Waals surface area (Å²) in [5.74, 6) is 0.388. The van der Waals surface area contributed by atoms with Crippen molar-refractivity contribution >= 4 is 5.91 Å². The predicted octanol–water partition coefficient (Wildman–Crippen LogP) is 0.315. The maximum Gasteiger partial charge on any atom is 0.257 e. The van der Waals surface area contributed by atoms with Crippen LogP contribution in [0.1, 0.15) is 28.9 Å². The van der Waals surface area contributed by atoms with Crippen LogP contribution in [0.15, 0.2) is 6.20 Å². The van der Waals surface area contributed by atoms with Crippen LogP contribution >= 0.6 is 0 Å². The van der Waals surface area contributed by atoms with Crippen LogP contribution in [0, 0.1) is 12.8 Å². The van der Waals surface area contributed by atoms with Crippen LogP contribution in [0.5, 0.6) is 0 Å². The van der Waals surface area contributed by atoms with E-state index in [9.17, 15) is 9.90 Å². The van der Waals surface area contributed by atoms with Gasteiger partial charge < -0.3 is 10.0 Å². The second kappa shape index (κ2) is 3.07. The third kappa shape index (κ3) is 1.35. The number of likely N-dealkylation sites (tertiary alicyclic amines) is 1. The number of β-amino-alcohol motifs (C(OH)–C–C–N with tert-alkyl or cyclic N) is 1. The van der Waals surface area contributed by atoms with E-state index in [1.54, 1.807) is 11.1 Å². The number of carbonyl (C=O) groups is 1. The van der Waals surface area contributed by atoms with Gasteiger partial charge in [0.1, 0.15) is 5.60 Å². The molecule has 0 unspecified atom stereocenters. The highest BCUT2D eigenvalue weighted by Gasteiger charge is 2.53. The number of aromatic amines is 1. The molecule has 16 heavy (non-hydrogen) atoms. The Labute approximate surface area is 93.5 Å². The first kappa shape index (κ1) is 9.84. The quantitative estimate of drug-likeness (QED) is 0.755. The van der Waals surface area contributed by atoms with Crippen LogP contribution in [-0.4, -0.2) is 44.8 Å². The van der Waals surface area contributed by atoms with E-state index in [0.717, 1.165) is 18.5 Å². The third-order valence-electron chi connectivity index (χ3n) is 3.61. The number of amides is 1. The summed E-state index contributed by atoms with van der Waals surface area (Å²) in [7, 11) is 0. The lowest BCUT2D eigenvalue weighted by Gasteiger charge is -2.46. The molecule has 1 saturated carbocycles. The van der Waals surface area contributed by atoms with Gasteiger partial charge in [0.05, 0.1) is 24.8 Å². The van der Waals surface area contributed by atoms with Crippen molar-refractivity contribution in [2.75, 3.05) is 13.1 Å². The van der Waals surface area contributed by atoms with E-state index in [1.807, 2.05) is 6.92 Å². The standard InChI is InChI=1S/C11H15N3O2/c1-7-9(4-12-13-7)10(15)14-5-11(16,6-14)8-2-3-8/h4,8,16H,2-3,5-6H2,1H3,(H,12,13). The number of carbonyl (C=O) groups excluding carboxylic acids is 1. The number of hydrogen-bond acceptors (Lipinski definition) is 3. The number of rotatable bonds is 2. The van der Waals surface area contributed by atoms with E-state index in [4.69, 9.17) is 0 Å². The number of hydrogen-bond donors (Lipinski definition) is 2. The molecule has 5 heteroatoms. The molecule has 1 aliphatic carbocycles. The molecule has 86 valence electrons. The fourth-order valence-corrected chi connectivity index (χ4v) is 2.37. The summed E-state index contributed by atoms with van der Waals surface area (Å²) in [4.78, 5) is 13.7. The number of H-pyrrole nitrogens is 1. The predicted molar refractivity (Wildman–Crippen MR) is 56.9 cm³/mol. The molecule has 0 radical (unpaired) electrons. The molecule has 1 aliphatic heterocycles. The van der Waals surface area contributed by atoms with Gasteiger partial charge in [0.15, 0.2) is 0 Å². The highest BCUT2D eigenvalue weighted by atomic mass is 16.3. The number of nitrogens with one attached hydrogen (secondary N) is 1. The van der Waals surface area contributed by atoms with E-state index in [2.05, 4.69) is 10.2 Å². The van der Waals surface area contributed by atoms with Crippen molar-refractivity contribution in [3.63, 3.8) is 0 Å². The third-order valence-corrected chi connectivity index (χ3v) is 3.61. The van der Waals surface area contributed by atoms with Gasteiger partial charge in [-0.15, -0.1) is 0 Å².